The number of ether oxygens (including phenoxy) is 1. The topological polar surface area (TPSA) is 75.7 Å². The molecule has 2 rings (SSSR count). The van der Waals surface area contributed by atoms with Gasteiger partial charge in [0.25, 0.3) is 0 Å². The van der Waals surface area contributed by atoms with Crippen molar-refractivity contribution in [2.45, 2.75) is 39.8 Å². The molecule has 2 aromatic rings. The number of sulfonamides is 1. The van der Waals surface area contributed by atoms with Gasteiger partial charge in [-0.25, -0.2) is 8.42 Å². The van der Waals surface area contributed by atoms with Crippen molar-refractivity contribution in [1.82, 2.24) is 5.32 Å². The normalized spacial score (nSPS) is 12.3. The van der Waals surface area contributed by atoms with Crippen LogP contribution in [0, 0.1) is 6.92 Å². The summed E-state index contributed by atoms with van der Waals surface area (Å²) in [6, 6.07) is 13.6. The molecule has 0 saturated heterocycles. The van der Waals surface area contributed by atoms with Gasteiger partial charge in [-0.05, 0) is 55.7 Å². The molecule has 28 heavy (non-hydrogen) atoms. The van der Waals surface area contributed by atoms with Gasteiger partial charge in [0, 0.05) is 6.54 Å². The van der Waals surface area contributed by atoms with E-state index >= 15 is 0 Å². The molecule has 0 radical (unpaired) electrons. The molecule has 0 unspecified atom stereocenters. The van der Waals surface area contributed by atoms with E-state index in [-0.39, 0.29) is 5.91 Å². The van der Waals surface area contributed by atoms with Gasteiger partial charge in [0.15, 0.2) is 0 Å². The molecule has 0 aromatic heterocycles. The molecule has 0 spiro atoms. The van der Waals surface area contributed by atoms with Crippen LogP contribution in [0.15, 0.2) is 48.5 Å². The number of aryl methyl sites for hydroxylation is 1. The van der Waals surface area contributed by atoms with Gasteiger partial charge in [0.1, 0.15) is 11.8 Å². The Morgan fingerprint density at radius 2 is 1.75 bits per heavy atom. The first-order valence-corrected chi connectivity index (χ1v) is 11.2. The quantitative estimate of drug-likeness (QED) is 0.696. The maximum Gasteiger partial charge on any atom is 0.244 e. The lowest BCUT2D eigenvalue weighted by atomic mass is 10.1. The Morgan fingerprint density at radius 3 is 2.29 bits per heavy atom. The highest BCUT2D eigenvalue weighted by molar-refractivity contribution is 7.92. The summed E-state index contributed by atoms with van der Waals surface area (Å²) in [4.78, 5) is 12.8. The lowest BCUT2D eigenvalue weighted by Crippen LogP contribution is -2.49. The second kappa shape index (κ2) is 9.59. The molecule has 1 atom stereocenters. The second-order valence-corrected chi connectivity index (χ2v) is 8.41. The van der Waals surface area contributed by atoms with Gasteiger partial charge in [0.2, 0.25) is 15.9 Å². The summed E-state index contributed by atoms with van der Waals surface area (Å²) in [7, 11) is -3.66. The number of nitrogens with one attached hydrogen (secondary N) is 1. The van der Waals surface area contributed by atoms with E-state index in [0.29, 0.717) is 31.0 Å². The van der Waals surface area contributed by atoms with Crippen LogP contribution in [0.2, 0.25) is 0 Å². The Labute approximate surface area is 167 Å². The Morgan fingerprint density at radius 1 is 1.11 bits per heavy atom. The van der Waals surface area contributed by atoms with Crippen molar-refractivity contribution in [2.24, 2.45) is 0 Å². The summed E-state index contributed by atoms with van der Waals surface area (Å²) in [6.45, 7) is 6.52. The molecule has 152 valence electrons. The Balaban J connectivity index is 2.24. The summed E-state index contributed by atoms with van der Waals surface area (Å²) in [5.74, 6) is 0.321. The average molecular weight is 405 g/mol. The third-order valence-corrected chi connectivity index (χ3v) is 5.63. The fraction of sp³-hybridized carbons (Fsp3) is 0.381. The molecule has 0 aliphatic heterocycles. The highest BCUT2D eigenvalue weighted by atomic mass is 32.2. The highest BCUT2D eigenvalue weighted by Gasteiger charge is 2.31. The number of hydrogen-bond acceptors (Lipinski definition) is 4. The molecule has 0 fully saturated rings. The Hall–Kier alpha value is -2.54. The summed E-state index contributed by atoms with van der Waals surface area (Å²) >= 11 is 0. The van der Waals surface area contributed by atoms with Crippen molar-refractivity contribution in [1.29, 1.82) is 0 Å². The molecule has 0 aliphatic carbocycles. The van der Waals surface area contributed by atoms with Crippen LogP contribution in [0.25, 0.3) is 0 Å². The molecule has 7 heteroatoms. The average Bonchev–Trinajstić information content (AvgIpc) is 2.65. The fourth-order valence-corrected chi connectivity index (χ4v) is 4.24. The molecule has 1 N–H and O–H groups in total. The molecule has 1 amide bonds. The highest BCUT2D eigenvalue weighted by Crippen LogP contribution is 2.25. The van der Waals surface area contributed by atoms with Gasteiger partial charge < -0.3 is 10.1 Å². The zero-order chi connectivity index (χ0) is 20.7. The summed E-state index contributed by atoms with van der Waals surface area (Å²) in [5.41, 5.74) is 2.50. The van der Waals surface area contributed by atoms with Crippen LogP contribution < -0.4 is 14.4 Å². The lowest BCUT2D eigenvalue weighted by Gasteiger charge is -2.30. The first-order chi connectivity index (χ1) is 13.3. The number of carbonyl (C=O) groups is 1. The van der Waals surface area contributed by atoms with Crippen LogP contribution >= 0.6 is 0 Å². The number of anilines is 1. The summed E-state index contributed by atoms with van der Waals surface area (Å²) in [5, 5.41) is 2.88. The Bertz CT molecular complexity index is 895. The summed E-state index contributed by atoms with van der Waals surface area (Å²) < 4.78 is 31.6. The fourth-order valence-electron chi connectivity index (χ4n) is 3.02. The molecule has 0 aliphatic rings. The number of nitrogens with zero attached hydrogens (tertiary/aromatic N) is 1. The number of amides is 1. The smallest absolute Gasteiger partial charge is 0.244 e. The minimum Gasteiger partial charge on any atom is -0.494 e. The number of rotatable bonds is 9. The largest absolute Gasteiger partial charge is 0.494 e. The number of benzene rings is 2. The van der Waals surface area contributed by atoms with Crippen LogP contribution in [0.5, 0.6) is 5.75 Å². The van der Waals surface area contributed by atoms with Crippen molar-refractivity contribution >= 4 is 21.6 Å². The van der Waals surface area contributed by atoms with Gasteiger partial charge in [-0.3, -0.25) is 9.10 Å². The lowest BCUT2D eigenvalue weighted by molar-refractivity contribution is -0.122. The van der Waals surface area contributed by atoms with Crippen LogP contribution in [0.3, 0.4) is 0 Å². The second-order valence-electron chi connectivity index (χ2n) is 6.55. The van der Waals surface area contributed by atoms with E-state index in [4.69, 9.17) is 4.74 Å². The van der Waals surface area contributed by atoms with Gasteiger partial charge in [-0.1, -0.05) is 31.2 Å². The number of hydrogen-bond donors (Lipinski definition) is 1. The predicted octanol–water partition coefficient (Wildman–Crippen LogP) is 3.25. The molecule has 0 heterocycles. The van der Waals surface area contributed by atoms with Gasteiger partial charge in [-0.15, -0.1) is 0 Å². The van der Waals surface area contributed by atoms with E-state index in [1.54, 1.807) is 31.2 Å². The van der Waals surface area contributed by atoms with Gasteiger partial charge in [0.05, 0.1) is 18.6 Å². The van der Waals surface area contributed by atoms with Crippen molar-refractivity contribution in [3.8, 4) is 5.75 Å². The van der Waals surface area contributed by atoms with Crippen molar-refractivity contribution in [3.05, 3.63) is 59.7 Å². The molecular weight excluding hydrogens is 376 g/mol. The van der Waals surface area contributed by atoms with Crippen molar-refractivity contribution in [3.63, 3.8) is 0 Å². The maximum atomic E-state index is 12.8. The SMILES string of the molecule is CCOc1ccc(N([C@H](CC)C(=O)NCc2ccccc2C)S(C)(=O)=O)cc1. The van der Waals surface area contributed by atoms with E-state index in [9.17, 15) is 13.2 Å². The monoisotopic (exact) mass is 404 g/mol. The molecule has 2 aromatic carbocycles. The minimum absolute atomic E-state index is 0.329. The number of carbonyl (C=O) groups excluding carboxylic acids is 1. The zero-order valence-corrected chi connectivity index (χ0v) is 17.6. The molecule has 6 nitrogen and oxygen atoms in total. The summed E-state index contributed by atoms with van der Waals surface area (Å²) in [6.07, 6.45) is 1.46. The van der Waals surface area contributed by atoms with Crippen LogP contribution in [-0.4, -0.2) is 33.2 Å². The zero-order valence-electron chi connectivity index (χ0n) is 16.8. The van der Waals surface area contributed by atoms with E-state index in [1.165, 1.54) is 4.31 Å². The van der Waals surface area contributed by atoms with E-state index < -0.39 is 16.1 Å². The van der Waals surface area contributed by atoms with Gasteiger partial charge in [-0.2, -0.15) is 0 Å². The first kappa shape index (κ1) is 21.8. The van der Waals surface area contributed by atoms with Crippen molar-refractivity contribution < 1.29 is 17.9 Å². The Kier molecular flexibility index (Phi) is 7.45. The van der Waals surface area contributed by atoms with E-state index in [0.717, 1.165) is 17.4 Å². The molecule has 0 saturated carbocycles. The molecule has 0 bridgehead atoms. The van der Waals surface area contributed by atoms with E-state index in [1.807, 2.05) is 38.1 Å². The van der Waals surface area contributed by atoms with Crippen LogP contribution in [0.4, 0.5) is 5.69 Å². The van der Waals surface area contributed by atoms with Gasteiger partial charge >= 0.3 is 0 Å². The first-order valence-electron chi connectivity index (χ1n) is 9.32. The van der Waals surface area contributed by atoms with Crippen molar-refractivity contribution in [2.75, 3.05) is 17.2 Å². The minimum atomic E-state index is -3.66. The third-order valence-electron chi connectivity index (χ3n) is 4.45. The van der Waals surface area contributed by atoms with E-state index in [2.05, 4.69) is 5.32 Å². The predicted molar refractivity (Wildman–Crippen MR) is 112 cm³/mol. The van der Waals surface area contributed by atoms with Crippen LogP contribution in [0.1, 0.15) is 31.4 Å². The maximum absolute atomic E-state index is 12.8. The molecular formula is C21H28N2O4S. The third kappa shape index (κ3) is 5.48. The standard InChI is InChI=1S/C21H28N2O4S/c1-5-20(21(24)22-15-17-10-8-7-9-16(17)3)23(28(4,25)26)18-11-13-19(14-12-18)27-6-2/h7-14,20H,5-6,15H2,1-4H3,(H,22,24)/t20-/m1/s1. The van der Waals surface area contributed by atoms with Crippen LogP contribution in [-0.2, 0) is 21.4 Å².